The van der Waals surface area contributed by atoms with Gasteiger partial charge in [-0.25, -0.2) is 4.98 Å². The third-order valence-corrected chi connectivity index (χ3v) is 2.90. The molecular weight excluding hydrogens is 205 g/mol. The van der Waals surface area contributed by atoms with E-state index in [1.807, 2.05) is 24.3 Å². The lowest BCUT2D eigenvalue weighted by Gasteiger charge is -2.33. The summed E-state index contributed by atoms with van der Waals surface area (Å²) in [5, 5.41) is 0. The summed E-state index contributed by atoms with van der Waals surface area (Å²) in [6, 6.07) is 1.03. The van der Waals surface area contributed by atoms with Crippen molar-refractivity contribution in [3.8, 4) is 0 Å². The van der Waals surface area contributed by atoms with Gasteiger partial charge in [0.25, 0.3) is 0 Å². The average Bonchev–Trinajstić information content (AvgIpc) is 2.22. The lowest BCUT2D eigenvalue weighted by Crippen LogP contribution is -2.51. The van der Waals surface area contributed by atoms with E-state index < -0.39 is 11.5 Å². The Kier molecular flexibility index (Phi) is 2.61. The van der Waals surface area contributed by atoms with E-state index in [1.165, 1.54) is 12.3 Å². The standard InChI is InChI=1S/C12H14FN3/c1-8-6-11(13)16-7-9(8)12(15)5-3-2-4-10(12)14/h2-7,10H,14-15H2,1H3. The fourth-order valence-electron chi connectivity index (χ4n) is 1.91. The maximum atomic E-state index is 12.9. The molecule has 1 aromatic rings. The van der Waals surface area contributed by atoms with Crippen LogP contribution in [0.15, 0.2) is 36.6 Å². The quantitative estimate of drug-likeness (QED) is 0.696. The topological polar surface area (TPSA) is 64.9 Å². The predicted octanol–water partition coefficient (Wildman–Crippen LogP) is 1.14. The van der Waals surface area contributed by atoms with Crippen LogP contribution in [0.3, 0.4) is 0 Å². The lowest BCUT2D eigenvalue weighted by atomic mass is 9.80. The molecule has 0 radical (unpaired) electrons. The Balaban J connectivity index is 2.51. The van der Waals surface area contributed by atoms with Gasteiger partial charge in [0.05, 0.1) is 5.54 Å². The Bertz CT molecular complexity index is 467. The summed E-state index contributed by atoms with van der Waals surface area (Å²) < 4.78 is 12.9. The highest BCUT2D eigenvalue weighted by atomic mass is 19.1. The van der Waals surface area contributed by atoms with Crippen molar-refractivity contribution in [3.05, 3.63) is 53.6 Å². The first kappa shape index (κ1) is 11.0. The highest BCUT2D eigenvalue weighted by Gasteiger charge is 2.33. The first-order valence-corrected chi connectivity index (χ1v) is 5.07. The minimum absolute atomic E-state index is 0.330. The van der Waals surface area contributed by atoms with Crippen LogP contribution >= 0.6 is 0 Å². The van der Waals surface area contributed by atoms with Crippen molar-refractivity contribution in [2.75, 3.05) is 0 Å². The number of aromatic nitrogens is 1. The van der Waals surface area contributed by atoms with E-state index in [1.54, 1.807) is 6.92 Å². The van der Waals surface area contributed by atoms with Gasteiger partial charge in [-0.3, -0.25) is 0 Å². The zero-order valence-corrected chi connectivity index (χ0v) is 9.02. The molecule has 1 aliphatic carbocycles. The molecule has 84 valence electrons. The zero-order chi connectivity index (χ0) is 11.8. The summed E-state index contributed by atoms with van der Waals surface area (Å²) in [7, 11) is 0. The summed E-state index contributed by atoms with van der Waals surface area (Å²) in [6.07, 6.45) is 8.78. The van der Waals surface area contributed by atoms with E-state index in [0.717, 1.165) is 11.1 Å². The minimum Gasteiger partial charge on any atom is -0.322 e. The number of halogens is 1. The van der Waals surface area contributed by atoms with Crippen LogP contribution < -0.4 is 11.5 Å². The first-order valence-electron chi connectivity index (χ1n) is 5.07. The molecule has 0 bridgehead atoms. The summed E-state index contributed by atoms with van der Waals surface area (Å²) in [6.45, 7) is 1.80. The van der Waals surface area contributed by atoms with Crippen LogP contribution in [0.2, 0.25) is 0 Å². The molecule has 0 amide bonds. The van der Waals surface area contributed by atoms with Crippen LogP contribution in [0, 0.1) is 12.9 Å². The molecular formula is C12H14FN3. The van der Waals surface area contributed by atoms with E-state index in [4.69, 9.17) is 11.5 Å². The number of hydrogen-bond acceptors (Lipinski definition) is 3. The largest absolute Gasteiger partial charge is 0.322 e. The molecule has 1 aliphatic rings. The smallest absolute Gasteiger partial charge is 0.213 e. The molecule has 4 N–H and O–H groups in total. The number of allylic oxidation sites excluding steroid dienone is 2. The van der Waals surface area contributed by atoms with Gasteiger partial charge < -0.3 is 11.5 Å². The van der Waals surface area contributed by atoms with E-state index in [2.05, 4.69) is 4.98 Å². The second-order valence-corrected chi connectivity index (χ2v) is 4.02. The van der Waals surface area contributed by atoms with Crippen LogP contribution in [0.1, 0.15) is 11.1 Å². The molecule has 2 unspecified atom stereocenters. The maximum Gasteiger partial charge on any atom is 0.213 e. The van der Waals surface area contributed by atoms with Crippen molar-refractivity contribution < 1.29 is 4.39 Å². The average molecular weight is 219 g/mol. The summed E-state index contributed by atoms with van der Waals surface area (Å²) in [5.41, 5.74) is 12.9. The van der Waals surface area contributed by atoms with Gasteiger partial charge in [-0.2, -0.15) is 4.39 Å². The normalized spacial score (nSPS) is 28.4. The number of hydrogen-bond donors (Lipinski definition) is 2. The van der Waals surface area contributed by atoms with Crippen molar-refractivity contribution in [2.24, 2.45) is 11.5 Å². The van der Waals surface area contributed by atoms with Crippen LogP contribution in [-0.2, 0) is 5.54 Å². The van der Waals surface area contributed by atoms with Crippen LogP contribution in [-0.4, -0.2) is 11.0 Å². The summed E-state index contributed by atoms with van der Waals surface area (Å²) in [4.78, 5) is 3.63. The van der Waals surface area contributed by atoms with Gasteiger partial charge in [-0.1, -0.05) is 24.3 Å². The Morgan fingerprint density at radius 2 is 2.19 bits per heavy atom. The molecule has 2 atom stereocenters. The highest BCUT2D eigenvalue weighted by molar-refractivity contribution is 5.40. The third-order valence-electron chi connectivity index (χ3n) is 2.90. The SMILES string of the molecule is Cc1cc(F)ncc1C1(N)C=CC=CC1N. The Hall–Kier alpha value is -1.52. The van der Waals surface area contributed by atoms with Gasteiger partial charge in [0.2, 0.25) is 5.95 Å². The number of nitrogens with two attached hydrogens (primary N) is 2. The van der Waals surface area contributed by atoms with Crippen LogP contribution in [0.4, 0.5) is 4.39 Å². The van der Waals surface area contributed by atoms with E-state index in [0.29, 0.717) is 0 Å². The second kappa shape index (κ2) is 3.81. The van der Waals surface area contributed by atoms with Crippen molar-refractivity contribution in [1.82, 2.24) is 4.98 Å². The first-order chi connectivity index (χ1) is 7.54. The molecule has 0 aliphatic heterocycles. The van der Waals surface area contributed by atoms with E-state index in [9.17, 15) is 4.39 Å². The van der Waals surface area contributed by atoms with Gasteiger partial charge in [-0.05, 0) is 24.1 Å². The maximum absolute atomic E-state index is 12.9. The Morgan fingerprint density at radius 1 is 1.44 bits per heavy atom. The van der Waals surface area contributed by atoms with Crippen molar-refractivity contribution in [2.45, 2.75) is 18.5 Å². The molecule has 0 spiro atoms. The molecule has 0 saturated carbocycles. The molecule has 16 heavy (non-hydrogen) atoms. The lowest BCUT2D eigenvalue weighted by molar-refractivity contribution is 0.483. The minimum atomic E-state index is -0.806. The number of rotatable bonds is 1. The van der Waals surface area contributed by atoms with Gasteiger partial charge in [0.15, 0.2) is 0 Å². The van der Waals surface area contributed by atoms with Crippen molar-refractivity contribution >= 4 is 0 Å². The van der Waals surface area contributed by atoms with Crippen molar-refractivity contribution in [3.63, 3.8) is 0 Å². The van der Waals surface area contributed by atoms with Gasteiger partial charge in [0, 0.05) is 12.2 Å². The molecule has 0 saturated heterocycles. The number of aryl methyl sites for hydroxylation is 1. The monoisotopic (exact) mass is 219 g/mol. The fourth-order valence-corrected chi connectivity index (χ4v) is 1.91. The highest BCUT2D eigenvalue weighted by Crippen LogP contribution is 2.28. The van der Waals surface area contributed by atoms with Gasteiger partial charge in [0.1, 0.15) is 0 Å². The predicted molar refractivity (Wildman–Crippen MR) is 61.1 cm³/mol. The van der Waals surface area contributed by atoms with Gasteiger partial charge >= 0.3 is 0 Å². The molecule has 4 heteroatoms. The van der Waals surface area contributed by atoms with E-state index >= 15 is 0 Å². The zero-order valence-electron chi connectivity index (χ0n) is 9.02. The Morgan fingerprint density at radius 3 is 2.81 bits per heavy atom. The number of pyridine rings is 1. The van der Waals surface area contributed by atoms with Crippen LogP contribution in [0.5, 0.6) is 0 Å². The van der Waals surface area contributed by atoms with Crippen LogP contribution in [0.25, 0.3) is 0 Å². The molecule has 0 aromatic carbocycles. The fraction of sp³-hybridized carbons (Fsp3) is 0.250. The molecule has 1 aromatic heterocycles. The molecule has 3 nitrogen and oxygen atoms in total. The van der Waals surface area contributed by atoms with Gasteiger partial charge in [-0.15, -0.1) is 0 Å². The van der Waals surface area contributed by atoms with Crippen molar-refractivity contribution in [1.29, 1.82) is 0 Å². The molecule has 1 heterocycles. The van der Waals surface area contributed by atoms with E-state index in [-0.39, 0.29) is 6.04 Å². The summed E-state index contributed by atoms with van der Waals surface area (Å²) >= 11 is 0. The summed E-state index contributed by atoms with van der Waals surface area (Å²) in [5.74, 6) is -0.506. The number of nitrogens with zero attached hydrogens (tertiary/aromatic N) is 1. The Labute approximate surface area is 93.7 Å². The second-order valence-electron chi connectivity index (χ2n) is 4.02. The molecule has 0 fully saturated rings. The third kappa shape index (κ3) is 1.66. The molecule has 2 rings (SSSR count).